The SMILES string of the molecule is CCOc1ccc(NC(=O)/C(C#N)=C/c2cc(I)c(OCc3cc(C)cc(C)c3)c(OCC)c2)cc1. The van der Waals surface area contributed by atoms with Crippen molar-refractivity contribution in [1.29, 1.82) is 5.26 Å². The molecule has 6 nitrogen and oxygen atoms in total. The van der Waals surface area contributed by atoms with E-state index in [4.69, 9.17) is 14.2 Å². The van der Waals surface area contributed by atoms with Crippen LogP contribution in [0.4, 0.5) is 5.69 Å². The minimum absolute atomic E-state index is 0.0222. The van der Waals surface area contributed by atoms with Gasteiger partial charge >= 0.3 is 0 Å². The van der Waals surface area contributed by atoms with E-state index in [0.717, 1.165) is 9.13 Å². The Morgan fingerprint density at radius 2 is 1.64 bits per heavy atom. The molecule has 3 aromatic carbocycles. The molecular weight excluding hydrogens is 567 g/mol. The van der Waals surface area contributed by atoms with Gasteiger partial charge in [-0.3, -0.25) is 4.79 Å². The zero-order chi connectivity index (χ0) is 26.1. The van der Waals surface area contributed by atoms with Crippen LogP contribution in [0.1, 0.15) is 36.1 Å². The quantitative estimate of drug-likeness (QED) is 0.158. The van der Waals surface area contributed by atoms with Crippen LogP contribution < -0.4 is 19.5 Å². The van der Waals surface area contributed by atoms with E-state index in [1.165, 1.54) is 11.1 Å². The van der Waals surface area contributed by atoms with Gasteiger partial charge in [-0.25, -0.2) is 0 Å². The van der Waals surface area contributed by atoms with Gasteiger partial charge in [-0.1, -0.05) is 29.3 Å². The summed E-state index contributed by atoms with van der Waals surface area (Å²) in [4.78, 5) is 12.7. The molecule has 0 heterocycles. The summed E-state index contributed by atoms with van der Waals surface area (Å²) in [5.41, 5.74) is 4.66. The van der Waals surface area contributed by atoms with Crippen LogP contribution >= 0.6 is 22.6 Å². The van der Waals surface area contributed by atoms with Gasteiger partial charge in [-0.2, -0.15) is 5.26 Å². The van der Waals surface area contributed by atoms with Crippen molar-refractivity contribution < 1.29 is 19.0 Å². The minimum atomic E-state index is -0.496. The van der Waals surface area contributed by atoms with Crippen LogP contribution in [0, 0.1) is 28.7 Å². The van der Waals surface area contributed by atoms with Crippen LogP contribution in [0.25, 0.3) is 6.08 Å². The van der Waals surface area contributed by atoms with Gasteiger partial charge in [-0.15, -0.1) is 0 Å². The zero-order valence-corrected chi connectivity index (χ0v) is 23.0. The van der Waals surface area contributed by atoms with Gasteiger partial charge < -0.3 is 19.5 Å². The van der Waals surface area contributed by atoms with Crippen molar-refractivity contribution >= 4 is 40.3 Å². The molecule has 0 radical (unpaired) electrons. The molecule has 1 N–H and O–H groups in total. The topological polar surface area (TPSA) is 80.6 Å². The molecule has 0 atom stereocenters. The van der Waals surface area contributed by atoms with Crippen molar-refractivity contribution in [2.45, 2.75) is 34.3 Å². The molecule has 0 aliphatic heterocycles. The highest BCUT2D eigenvalue weighted by molar-refractivity contribution is 14.1. The van der Waals surface area contributed by atoms with Crippen molar-refractivity contribution in [3.63, 3.8) is 0 Å². The fraction of sp³-hybridized carbons (Fsp3) is 0.241. The predicted molar refractivity (Wildman–Crippen MR) is 150 cm³/mol. The fourth-order valence-corrected chi connectivity index (χ4v) is 4.48. The minimum Gasteiger partial charge on any atom is -0.494 e. The second-order valence-corrected chi connectivity index (χ2v) is 9.29. The first-order valence-electron chi connectivity index (χ1n) is 11.6. The summed E-state index contributed by atoms with van der Waals surface area (Å²) in [7, 11) is 0. The third-order valence-corrected chi connectivity index (χ3v) is 5.90. The number of anilines is 1. The Balaban J connectivity index is 1.81. The summed E-state index contributed by atoms with van der Waals surface area (Å²) in [5.74, 6) is 1.41. The molecular formula is C29H29IN2O4. The summed E-state index contributed by atoms with van der Waals surface area (Å²) in [6.07, 6.45) is 1.54. The predicted octanol–water partition coefficient (Wildman–Crippen LogP) is 6.83. The van der Waals surface area contributed by atoms with Crippen molar-refractivity contribution in [2.24, 2.45) is 0 Å². The molecule has 0 spiro atoms. The van der Waals surface area contributed by atoms with Crippen LogP contribution in [0.3, 0.4) is 0 Å². The number of nitriles is 1. The van der Waals surface area contributed by atoms with Gasteiger partial charge in [0.25, 0.3) is 5.91 Å². The van der Waals surface area contributed by atoms with Crippen LogP contribution in [0.5, 0.6) is 17.2 Å². The molecule has 3 rings (SSSR count). The Labute approximate surface area is 226 Å². The maximum atomic E-state index is 12.7. The molecule has 0 aromatic heterocycles. The van der Waals surface area contributed by atoms with Crippen LogP contribution in [-0.2, 0) is 11.4 Å². The van der Waals surface area contributed by atoms with Crippen LogP contribution in [0.15, 0.2) is 60.2 Å². The molecule has 0 fully saturated rings. The first-order chi connectivity index (χ1) is 17.3. The number of hydrogen-bond acceptors (Lipinski definition) is 5. The number of carbonyl (C=O) groups is 1. The molecule has 0 saturated carbocycles. The summed E-state index contributed by atoms with van der Waals surface area (Å²) in [6.45, 7) is 9.34. The number of nitrogens with zero attached hydrogens (tertiary/aromatic N) is 1. The zero-order valence-electron chi connectivity index (χ0n) is 20.9. The standard InChI is InChI=1S/C29H29IN2O4/c1-5-34-25-9-7-24(8-10-25)32-29(33)23(17-31)14-21-15-26(30)28(27(16-21)35-6-2)36-18-22-12-19(3)11-20(4)13-22/h7-16H,5-6,18H2,1-4H3,(H,32,33)/b23-14+. The van der Waals surface area contributed by atoms with E-state index < -0.39 is 5.91 Å². The van der Waals surface area contributed by atoms with E-state index in [1.54, 1.807) is 36.4 Å². The highest BCUT2D eigenvalue weighted by Crippen LogP contribution is 2.35. The van der Waals surface area contributed by atoms with Gasteiger partial charge in [0.15, 0.2) is 11.5 Å². The van der Waals surface area contributed by atoms with Crippen LogP contribution in [-0.4, -0.2) is 19.1 Å². The van der Waals surface area contributed by atoms with Crippen molar-refractivity contribution in [2.75, 3.05) is 18.5 Å². The van der Waals surface area contributed by atoms with Crippen molar-refractivity contribution in [3.8, 4) is 23.3 Å². The fourth-order valence-electron chi connectivity index (χ4n) is 3.70. The summed E-state index contributed by atoms with van der Waals surface area (Å²) < 4.78 is 18.2. The highest BCUT2D eigenvalue weighted by Gasteiger charge is 2.15. The highest BCUT2D eigenvalue weighted by atomic mass is 127. The number of benzene rings is 3. The third kappa shape index (κ3) is 7.49. The van der Waals surface area contributed by atoms with E-state index in [1.807, 2.05) is 26.0 Å². The van der Waals surface area contributed by atoms with Gasteiger partial charge in [-0.05, 0) is 104 Å². The average Bonchev–Trinajstić information content (AvgIpc) is 2.83. The number of rotatable bonds is 10. The average molecular weight is 596 g/mol. The number of nitrogens with one attached hydrogen (secondary N) is 1. The van der Waals surface area contributed by atoms with Gasteiger partial charge in [0.1, 0.15) is 24.0 Å². The molecule has 1 amide bonds. The van der Waals surface area contributed by atoms with Crippen LogP contribution in [0.2, 0.25) is 0 Å². The van der Waals surface area contributed by atoms with E-state index in [0.29, 0.717) is 48.3 Å². The Morgan fingerprint density at radius 1 is 0.972 bits per heavy atom. The molecule has 36 heavy (non-hydrogen) atoms. The molecule has 0 aliphatic rings. The number of aryl methyl sites for hydroxylation is 2. The molecule has 0 saturated heterocycles. The molecule has 0 aliphatic carbocycles. The lowest BCUT2D eigenvalue weighted by Crippen LogP contribution is -2.13. The van der Waals surface area contributed by atoms with Gasteiger partial charge in [0, 0.05) is 5.69 Å². The molecule has 0 unspecified atom stereocenters. The largest absolute Gasteiger partial charge is 0.494 e. The van der Waals surface area contributed by atoms with Crippen molar-refractivity contribution in [3.05, 3.63) is 86.0 Å². The molecule has 0 bridgehead atoms. The normalized spacial score (nSPS) is 10.9. The maximum Gasteiger partial charge on any atom is 0.266 e. The second kappa shape index (κ2) is 13.0. The Bertz CT molecular complexity index is 1270. The number of amides is 1. The number of hydrogen-bond donors (Lipinski definition) is 1. The first kappa shape index (κ1) is 27.1. The number of carbonyl (C=O) groups excluding carboxylic acids is 1. The first-order valence-corrected chi connectivity index (χ1v) is 12.7. The smallest absolute Gasteiger partial charge is 0.266 e. The summed E-state index contributed by atoms with van der Waals surface area (Å²) in [5, 5.41) is 12.4. The Hall–Kier alpha value is -3.51. The lowest BCUT2D eigenvalue weighted by molar-refractivity contribution is -0.112. The Morgan fingerprint density at radius 3 is 2.25 bits per heavy atom. The van der Waals surface area contributed by atoms with E-state index in [-0.39, 0.29) is 5.57 Å². The molecule has 3 aromatic rings. The maximum absolute atomic E-state index is 12.7. The van der Waals surface area contributed by atoms with Gasteiger partial charge in [0.2, 0.25) is 0 Å². The van der Waals surface area contributed by atoms with E-state index >= 15 is 0 Å². The second-order valence-electron chi connectivity index (χ2n) is 8.13. The summed E-state index contributed by atoms with van der Waals surface area (Å²) >= 11 is 2.18. The van der Waals surface area contributed by atoms with Gasteiger partial charge in [0.05, 0.1) is 16.8 Å². The third-order valence-electron chi connectivity index (χ3n) is 5.10. The molecule has 186 valence electrons. The van der Waals surface area contributed by atoms with E-state index in [2.05, 4.69) is 60.0 Å². The monoisotopic (exact) mass is 596 g/mol. The van der Waals surface area contributed by atoms with E-state index in [9.17, 15) is 10.1 Å². The van der Waals surface area contributed by atoms with Crippen molar-refractivity contribution in [1.82, 2.24) is 0 Å². The lowest BCUT2D eigenvalue weighted by Gasteiger charge is -2.15. The summed E-state index contributed by atoms with van der Waals surface area (Å²) in [6, 6.07) is 19.0. The number of halogens is 1. The number of ether oxygens (including phenoxy) is 3. The molecule has 7 heteroatoms. The Kier molecular flexibility index (Phi) is 9.77. The lowest BCUT2D eigenvalue weighted by atomic mass is 10.1.